The fourth-order valence-electron chi connectivity index (χ4n) is 4.60. The van der Waals surface area contributed by atoms with E-state index in [1.165, 1.54) is 0 Å². The van der Waals surface area contributed by atoms with Crippen LogP contribution in [0.1, 0.15) is 42.9 Å². The maximum Gasteiger partial charge on any atom is 0.325 e. The van der Waals surface area contributed by atoms with Crippen LogP contribution in [0.2, 0.25) is 0 Å². The maximum absolute atomic E-state index is 12.9. The highest BCUT2D eigenvalue weighted by Crippen LogP contribution is 2.34. The molecule has 0 bridgehead atoms. The van der Waals surface area contributed by atoms with Crippen LogP contribution in [0.15, 0.2) is 24.3 Å². The van der Waals surface area contributed by atoms with Gasteiger partial charge in [-0.2, -0.15) is 0 Å². The van der Waals surface area contributed by atoms with Crippen molar-refractivity contribution in [3.8, 4) is 0 Å². The van der Waals surface area contributed by atoms with Gasteiger partial charge in [-0.05, 0) is 25.3 Å². The third kappa shape index (κ3) is 4.34. The maximum atomic E-state index is 12.9. The molecule has 1 aromatic carbocycles. The third-order valence-electron chi connectivity index (χ3n) is 6.36. The molecule has 0 unspecified atom stereocenters. The van der Waals surface area contributed by atoms with E-state index in [2.05, 4.69) is 15.5 Å². The molecule has 8 nitrogen and oxygen atoms in total. The molecule has 0 radical (unpaired) electrons. The summed E-state index contributed by atoms with van der Waals surface area (Å²) >= 11 is 0. The molecule has 8 heteroatoms. The van der Waals surface area contributed by atoms with Crippen LogP contribution in [0, 0.1) is 6.92 Å². The average molecular weight is 415 g/mol. The van der Waals surface area contributed by atoms with Crippen molar-refractivity contribution in [3.05, 3.63) is 35.4 Å². The monoisotopic (exact) mass is 414 g/mol. The molecule has 1 spiro atoms. The second-order valence-electron chi connectivity index (χ2n) is 8.55. The molecule has 30 heavy (non-hydrogen) atoms. The minimum Gasteiger partial charge on any atom is -0.379 e. The highest BCUT2D eigenvalue weighted by Gasteiger charge is 2.52. The lowest BCUT2D eigenvalue weighted by Gasteiger charge is -2.31. The van der Waals surface area contributed by atoms with Crippen molar-refractivity contribution in [2.45, 2.75) is 44.2 Å². The molecule has 2 heterocycles. The topological polar surface area (TPSA) is 91.0 Å². The number of ether oxygens (including phenoxy) is 1. The molecule has 162 valence electrons. The lowest BCUT2D eigenvalue weighted by Crippen LogP contribution is -2.47. The number of amides is 4. The van der Waals surface area contributed by atoms with Crippen LogP contribution in [0.4, 0.5) is 4.79 Å². The predicted molar refractivity (Wildman–Crippen MR) is 111 cm³/mol. The Morgan fingerprint density at radius 3 is 2.50 bits per heavy atom. The van der Waals surface area contributed by atoms with E-state index in [9.17, 15) is 14.4 Å². The van der Waals surface area contributed by atoms with Crippen LogP contribution >= 0.6 is 0 Å². The molecule has 1 atom stereocenters. The summed E-state index contributed by atoms with van der Waals surface area (Å²) in [5, 5.41) is 5.88. The highest BCUT2D eigenvalue weighted by atomic mass is 16.5. The van der Waals surface area contributed by atoms with E-state index in [4.69, 9.17) is 4.74 Å². The van der Waals surface area contributed by atoms with Crippen molar-refractivity contribution in [1.82, 2.24) is 20.4 Å². The van der Waals surface area contributed by atoms with E-state index in [-0.39, 0.29) is 24.4 Å². The van der Waals surface area contributed by atoms with E-state index in [1.54, 1.807) is 0 Å². The Morgan fingerprint density at radius 2 is 1.83 bits per heavy atom. The van der Waals surface area contributed by atoms with E-state index in [0.29, 0.717) is 32.6 Å². The zero-order chi connectivity index (χ0) is 21.1. The Morgan fingerprint density at radius 1 is 1.17 bits per heavy atom. The number of aryl methyl sites for hydroxylation is 1. The second kappa shape index (κ2) is 8.73. The van der Waals surface area contributed by atoms with Crippen molar-refractivity contribution >= 4 is 17.8 Å². The average Bonchev–Trinajstić information content (AvgIpc) is 3.29. The van der Waals surface area contributed by atoms with Crippen molar-refractivity contribution in [2.75, 3.05) is 39.4 Å². The van der Waals surface area contributed by atoms with E-state index < -0.39 is 11.6 Å². The second-order valence-corrected chi connectivity index (χ2v) is 8.55. The van der Waals surface area contributed by atoms with Gasteiger partial charge in [0.2, 0.25) is 5.91 Å². The first-order valence-electron chi connectivity index (χ1n) is 10.8. The Balaban J connectivity index is 1.43. The van der Waals surface area contributed by atoms with Crippen molar-refractivity contribution < 1.29 is 19.1 Å². The number of benzene rings is 1. The standard InChI is InChI=1S/C22H30N4O4/c1-16-4-6-17(7-5-16)18(14-25-10-12-30-13-11-25)23-19(27)15-26-20(28)22(24-21(26)29)8-2-3-9-22/h4-7,18H,2-3,8-15H2,1H3,(H,23,27)(H,24,29)/t18-/m0/s1. The molecule has 2 N–H and O–H groups in total. The largest absolute Gasteiger partial charge is 0.379 e. The van der Waals surface area contributed by atoms with Gasteiger partial charge in [-0.3, -0.25) is 19.4 Å². The van der Waals surface area contributed by atoms with Gasteiger partial charge in [0, 0.05) is 19.6 Å². The number of hydrogen-bond acceptors (Lipinski definition) is 5. The summed E-state index contributed by atoms with van der Waals surface area (Å²) in [5.41, 5.74) is 1.36. The zero-order valence-corrected chi connectivity index (χ0v) is 17.5. The van der Waals surface area contributed by atoms with Crippen LogP contribution < -0.4 is 10.6 Å². The molecule has 3 fully saturated rings. The first kappa shape index (κ1) is 20.8. The van der Waals surface area contributed by atoms with Crippen LogP contribution in [-0.2, 0) is 14.3 Å². The molecule has 2 saturated heterocycles. The molecule has 1 aliphatic carbocycles. The number of morpholine rings is 1. The minimum absolute atomic E-state index is 0.225. The van der Waals surface area contributed by atoms with E-state index >= 15 is 0 Å². The molecule has 4 rings (SSSR count). The van der Waals surface area contributed by atoms with Gasteiger partial charge >= 0.3 is 6.03 Å². The Bertz CT molecular complexity index is 798. The highest BCUT2D eigenvalue weighted by molar-refractivity contribution is 6.09. The van der Waals surface area contributed by atoms with Gasteiger partial charge < -0.3 is 15.4 Å². The van der Waals surface area contributed by atoms with Crippen molar-refractivity contribution in [1.29, 1.82) is 0 Å². The van der Waals surface area contributed by atoms with Gasteiger partial charge in [0.15, 0.2) is 0 Å². The van der Waals surface area contributed by atoms with Crippen molar-refractivity contribution in [3.63, 3.8) is 0 Å². The van der Waals surface area contributed by atoms with Gasteiger partial charge in [-0.25, -0.2) is 4.79 Å². The first-order valence-corrected chi connectivity index (χ1v) is 10.8. The smallest absolute Gasteiger partial charge is 0.325 e. The number of imide groups is 1. The summed E-state index contributed by atoms with van der Waals surface area (Å²) < 4.78 is 5.42. The molecule has 4 amide bonds. The van der Waals surface area contributed by atoms with Gasteiger partial charge in [0.1, 0.15) is 12.1 Å². The number of carbonyl (C=O) groups excluding carboxylic acids is 3. The Hall–Kier alpha value is -2.45. The van der Waals surface area contributed by atoms with E-state index in [1.807, 2.05) is 31.2 Å². The van der Waals surface area contributed by atoms with Gasteiger partial charge in [0.25, 0.3) is 5.91 Å². The molecular formula is C22H30N4O4. The summed E-state index contributed by atoms with van der Waals surface area (Å²) in [6, 6.07) is 7.39. The molecule has 3 aliphatic rings. The summed E-state index contributed by atoms with van der Waals surface area (Å²) in [6.45, 7) is 5.41. The van der Waals surface area contributed by atoms with Gasteiger partial charge in [-0.15, -0.1) is 0 Å². The third-order valence-corrected chi connectivity index (χ3v) is 6.36. The number of nitrogens with zero attached hydrogens (tertiary/aromatic N) is 2. The molecule has 0 aromatic heterocycles. The number of hydrogen-bond donors (Lipinski definition) is 2. The quantitative estimate of drug-likeness (QED) is 0.686. The van der Waals surface area contributed by atoms with Crippen LogP contribution in [-0.4, -0.2) is 72.6 Å². The number of carbonyl (C=O) groups is 3. The fraction of sp³-hybridized carbons (Fsp3) is 0.591. The fourth-order valence-corrected chi connectivity index (χ4v) is 4.60. The van der Waals surface area contributed by atoms with Crippen LogP contribution in [0.3, 0.4) is 0 Å². The summed E-state index contributed by atoms with van der Waals surface area (Å²) in [7, 11) is 0. The summed E-state index contributed by atoms with van der Waals surface area (Å²) in [6.07, 6.45) is 3.14. The number of nitrogens with one attached hydrogen (secondary N) is 2. The predicted octanol–water partition coefficient (Wildman–Crippen LogP) is 1.35. The molecule has 2 aliphatic heterocycles. The number of rotatable bonds is 6. The first-order chi connectivity index (χ1) is 14.5. The Kier molecular flexibility index (Phi) is 6.06. The number of urea groups is 1. The summed E-state index contributed by atoms with van der Waals surface area (Å²) in [5.74, 6) is -0.590. The molecule has 1 saturated carbocycles. The lowest BCUT2D eigenvalue weighted by molar-refractivity contribution is -0.135. The SMILES string of the molecule is Cc1ccc([C@H](CN2CCOCC2)NC(=O)CN2C(=O)NC3(CCCC3)C2=O)cc1. The Labute approximate surface area is 176 Å². The van der Waals surface area contributed by atoms with E-state index in [0.717, 1.165) is 42.0 Å². The molecular weight excluding hydrogens is 384 g/mol. The summed E-state index contributed by atoms with van der Waals surface area (Å²) in [4.78, 5) is 41.4. The normalized spacial score (nSPS) is 22.4. The van der Waals surface area contributed by atoms with Crippen LogP contribution in [0.5, 0.6) is 0 Å². The van der Waals surface area contributed by atoms with Gasteiger partial charge in [0.05, 0.1) is 19.3 Å². The van der Waals surface area contributed by atoms with Crippen molar-refractivity contribution in [2.24, 2.45) is 0 Å². The van der Waals surface area contributed by atoms with Gasteiger partial charge in [-0.1, -0.05) is 42.7 Å². The van der Waals surface area contributed by atoms with Crippen LogP contribution in [0.25, 0.3) is 0 Å². The minimum atomic E-state index is -0.790. The molecule has 1 aromatic rings. The zero-order valence-electron chi connectivity index (χ0n) is 17.5. The lowest BCUT2D eigenvalue weighted by atomic mass is 9.98.